The molecule has 0 radical (unpaired) electrons. The highest BCUT2D eigenvalue weighted by Crippen LogP contribution is 2.29. The van der Waals surface area contributed by atoms with Crippen LogP contribution in [0.15, 0.2) is 23.4 Å². The molecule has 0 aliphatic heterocycles. The van der Waals surface area contributed by atoms with E-state index in [-0.39, 0.29) is 11.9 Å². The Morgan fingerprint density at radius 2 is 2.00 bits per heavy atom. The second kappa shape index (κ2) is 6.74. The van der Waals surface area contributed by atoms with Gasteiger partial charge in [0.25, 0.3) is 0 Å². The molecule has 0 saturated heterocycles. The number of methoxy groups -OCH3 is 1. The van der Waals surface area contributed by atoms with Gasteiger partial charge in [-0.3, -0.25) is 0 Å². The molecule has 18 heavy (non-hydrogen) atoms. The third kappa shape index (κ3) is 3.29. The van der Waals surface area contributed by atoms with Crippen LogP contribution in [0.5, 0.6) is 11.5 Å². The minimum atomic E-state index is 0.0439. The third-order valence-electron chi connectivity index (χ3n) is 2.77. The molecule has 3 N–H and O–H groups in total. The van der Waals surface area contributed by atoms with Crippen LogP contribution < -0.4 is 15.2 Å². The fourth-order valence-electron chi connectivity index (χ4n) is 1.62. The third-order valence-corrected chi connectivity index (χ3v) is 2.77. The molecule has 0 heterocycles. The van der Waals surface area contributed by atoms with Crippen molar-refractivity contribution in [2.45, 2.75) is 32.8 Å². The molecule has 0 spiro atoms. The summed E-state index contributed by atoms with van der Waals surface area (Å²) < 4.78 is 11.1. The Bertz CT molecular complexity index is 415. The van der Waals surface area contributed by atoms with Crippen LogP contribution in [0.4, 0.5) is 0 Å². The Kier molecular flexibility index (Phi) is 5.30. The molecule has 1 aromatic rings. The fraction of sp³-hybridized carbons (Fsp3) is 0.462. The smallest absolute Gasteiger partial charge is 0.170 e. The normalized spacial score (nSPS) is 11.7. The number of hydrogen-bond donors (Lipinski definition) is 2. The molecule has 100 valence electrons. The summed E-state index contributed by atoms with van der Waals surface area (Å²) in [6.45, 7) is 4.15. The van der Waals surface area contributed by atoms with Crippen LogP contribution in [0.2, 0.25) is 0 Å². The monoisotopic (exact) mass is 252 g/mol. The van der Waals surface area contributed by atoms with Crippen molar-refractivity contribution in [3.05, 3.63) is 23.8 Å². The van der Waals surface area contributed by atoms with E-state index in [0.29, 0.717) is 17.1 Å². The van der Waals surface area contributed by atoms with Gasteiger partial charge in [-0.2, -0.15) is 0 Å². The number of amidine groups is 1. The van der Waals surface area contributed by atoms with E-state index >= 15 is 0 Å². The summed E-state index contributed by atoms with van der Waals surface area (Å²) in [5.41, 5.74) is 6.11. The molecule has 0 unspecified atom stereocenters. The van der Waals surface area contributed by atoms with Gasteiger partial charge < -0.3 is 20.4 Å². The summed E-state index contributed by atoms with van der Waals surface area (Å²) in [7, 11) is 1.56. The second-order valence-corrected chi connectivity index (χ2v) is 3.91. The molecule has 0 aromatic heterocycles. The summed E-state index contributed by atoms with van der Waals surface area (Å²) in [6, 6.07) is 5.19. The maximum atomic E-state index is 8.63. The number of rotatable bonds is 6. The average molecular weight is 252 g/mol. The number of nitrogens with two attached hydrogens (primary N) is 1. The van der Waals surface area contributed by atoms with Crippen molar-refractivity contribution < 1.29 is 14.7 Å². The van der Waals surface area contributed by atoms with Crippen molar-refractivity contribution in [3.8, 4) is 11.5 Å². The van der Waals surface area contributed by atoms with E-state index in [4.69, 9.17) is 20.4 Å². The Labute approximate surface area is 107 Å². The van der Waals surface area contributed by atoms with E-state index in [9.17, 15) is 0 Å². The van der Waals surface area contributed by atoms with Crippen LogP contribution >= 0.6 is 0 Å². The van der Waals surface area contributed by atoms with E-state index in [1.165, 1.54) is 0 Å². The second-order valence-electron chi connectivity index (χ2n) is 3.91. The summed E-state index contributed by atoms with van der Waals surface area (Å²) >= 11 is 0. The van der Waals surface area contributed by atoms with Crippen molar-refractivity contribution in [2.24, 2.45) is 10.9 Å². The fourth-order valence-corrected chi connectivity index (χ4v) is 1.62. The first-order chi connectivity index (χ1) is 8.65. The van der Waals surface area contributed by atoms with Gasteiger partial charge in [0.2, 0.25) is 0 Å². The number of ether oxygens (including phenoxy) is 2. The number of hydrogen-bond acceptors (Lipinski definition) is 4. The Balaban J connectivity index is 3.00. The molecule has 0 amide bonds. The lowest BCUT2D eigenvalue weighted by Crippen LogP contribution is -2.16. The van der Waals surface area contributed by atoms with Crippen LogP contribution in [0.3, 0.4) is 0 Å². The lowest BCUT2D eigenvalue weighted by atomic mass is 10.1. The van der Waals surface area contributed by atoms with Crippen molar-refractivity contribution >= 4 is 5.84 Å². The first kappa shape index (κ1) is 14.2. The first-order valence-electron chi connectivity index (χ1n) is 5.98. The van der Waals surface area contributed by atoms with E-state index in [0.717, 1.165) is 12.8 Å². The van der Waals surface area contributed by atoms with Crippen LogP contribution in [-0.2, 0) is 0 Å². The van der Waals surface area contributed by atoms with Crippen LogP contribution in [0, 0.1) is 0 Å². The Morgan fingerprint density at radius 1 is 1.33 bits per heavy atom. The van der Waals surface area contributed by atoms with Gasteiger partial charge in [-0.15, -0.1) is 0 Å². The summed E-state index contributed by atoms with van der Waals surface area (Å²) in [6.07, 6.45) is 2.03. The van der Waals surface area contributed by atoms with E-state index in [1.807, 2.05) is 0 Å². The van der Waals surface area contributed by atoms with Gasteiger partial charge in [-0.25, -0.2) is 0 Å². The summed E-state index contributed by atoms with van der Waals surface area (Å²) in [5, 5.41) is 11.6. The topological polar surface area (TPSA) is 77.1 Å². The van der Waals surface area contributed by atoms with Crippen LogP contribution in [0.1, 0.15) is 32.3 Å². The Morgan fingerprint density at radius 3 is 2.50 bits per heavy atom. The van der Waals surface area contributed by atoms with Gasteiger partial charge in [0, 0.05) is 5.56 Å². The largest absolute Gasteiger partial charge is 0.493 e. The molecule has 0 saturated carbocycles. The molecule has 5 heteroatoms. The zero-order chi connectivity index (χ0) is 13.5. The van der Waals surface area contributed by atoms with Gasteiger partial charge >= 0.3 is 0 Å². The average Bonchev–Trinajstić information content (AvgIpc) is 2.43. The van der Waals surface area contributed by atoms with Crippen molar-refractivity contribution in [3.63, 3.8) is 0 Å². The van der Waals surface area contributed by atoms with E-state index in [1.54, 1.807) is 25.3 Å². The first-order valence-corrected chi connectivity index (χ1v) is 5.98. The SMILES string of the molecule is CCC(CC)Oc1ccc(C(N)=NO)cc1OC. The summed E-state index contributed by atoms with van der Waals surface area (Å²) in [5.74, 6) is 1.29. The van der Waals surface area contributed by atoms with Gasteiger partial charge in [-0.05, 0) is 31.0 Å². The molecule has 1 aromatic carbocycles. The zero-order valence-corrected chi connectivity index (χ0v) is 11.0. The molecule has 1 rings (SSSR count). The van der Waals surface area contributed by atoms with Crippen LogP contribution in [0.25, 0.3) is 0 Å². The van der Waals surface area contributed by atoms with Crippen molar-refractivity contribution in [1.82, 2.24) is 0 Å². The minimum absolute atomic E-state index is 0.0439. The highest BCUT2D eigenvalue weighted by Gasteiger charge is 2.12. The molecule has 5 nitrogen and oxygen atoms in total. The highest BCUT2D eigenvalue weighted by atomic mass is 16.5. The standard InChI is InChI=1S/C13H20N2O3/c1-4-10(5-2)18-11-7-6-9(13(14)15-16)8-12(11)17-3/h6-8,10,16H,4-5H2,1-3H3,(H2,14,15). The molecular formula is C13H20N2O3. The van der Waals surface area contributed by atoms with Crippen molar-refractivity contribution in [2.75, 3.05) is 7.11 Å². The summed E-state index contributed by atoms with van der Waals surface area (Å²) in [4.78, 5) is 0. The lowest BCUT2D eigenvalue weighted by molar-refractivity contribution is 0.185. The number of nitrogens with zero attached hydrogens (tertiary/aromatic N) is 1. The van der Waals surface area contributed by atoms with Gasteiger partial charge in [0.05, 0.1) is 13.2 Å². The minimum Gasteiger partial charge on any atom is -0.493 e. The van der Waals surface area contributed by atoms with E-state index < -0.39 is 0 Å². The van der Waals surface area contributed by atoms with Gasteiger partial charge in [-0.1, -0.05) is 19.0 Å². The lowest BCUT2D eigenvalue weighted by Gasteiger charge is -2.18. The molecule has 0 atom stereocenters. The maximum Gasteiger partial charge on any atom is 0.170 e. The molecule has 0 aliphatic rings. The number of benzene rings is 1. The quantitative estimate of drug-likeness (QED) is 0.352. The van der Waals surface area contributed by atoms with Gasteiger partial charge in [0.1, 0.15) is 0 Å². The predicted octanol–water partition coefficient (Wildman–Crippen LogP) is 2.36. The van der Waals surface area contributed by atoms with E-state index in [2.05, 4.69) is 19.0 Å². The Hall–Kier alpha value is -1.91. The highest BCUT2D eigenvalue weighted by molar-refractivity contribution is 5.97. The predicted molar refractivity (Wildman–Crippen MR) is 70.5 cm³/mol. The maximum absolute atomic E-state index is 8.63. The molecule has 0 bridgehead atoms. The van der Waals surface area contributed by atoms with Crippen molar-refractivity contribution in [1.29, 1.82) is 0 Å². The molecule has 0 fully saturated rings. The van der Waals surface area contributed by atoms with Gasteiger partial charge in [0.15, 0.2) is 17.3 Å². The molecule has 0 aliphatic carbocycles. The molecular weight excluding hydrogens is 232 g/mol. The zero-order valence-electron chi connectivity index (χ0n) is 11.0. The van der Waals surface area contributed by atoms with Crippen LogP contribution in [-0.4, -0.2) is 24.3 Å². The number of oxime groups is 1.